The van der Waals surface area contributed by atoms with Gasteiger partial charge in [-0.05, 0) is 6.07 Å². The van der Waals surface area contributed by atoms with E-state index in [1.165, 1.54) is 36.3 Å². The molecule has 0 aliphatic rings. The minimum absolute atomic E-state index is 0.0316. The smallest absolute Gasteiger partial charge is 0.315 e. The molecule has 21 heavy (non-hydrogen) atoms. The van der Waals surface area contributed by atoms with E-state index in [1.54, 1.807) is 6.07 Å². The Balaban J connectivity index is 2.12. The van der Waals surface area contributed by atoms with Gasteiger partial charge < -0.3 is 9.88 Å². The van der Waals surface area contributed by atoms with E-state index >= 15 is 0 Å². The van der Waals surface area contributed by atoms with Crippen molar-refractivity contribution in [3.05, 3.63) is 45.7 Å². The van der Waals surface area contributed by atoms with Crippen molar-refractivity contribution < 1.29 is 4.79 Å². The van der Waals surface area contributed by atoms with E-state index in [0.29, 0.717) is 5.02 Å². The number of hydrogen-bond donors (Lipinski definition) is 2. The van der Waals surface area contributed by atoms with Crippen molar-refractivity contribution in [3.8, 4) is 6.07 Å². The van der Waals surface area contributed by atoms with E-state index in [-0.39, 0.29) is 17.2 Å². The van der Waals surface area contributed by atoms with Crippen LogP contribution in [-0.2, 0) is 7.05 Å². The summed E-state index contributed by atoms with van der Waals surface area (Å²) >= 11 is 5.81. The lowest BCUT2D eigenvalue weighted by Crippen LogP contribution is -2.27. The molecule has 0 fully saturated rings. The summed E-state index contributed by atoms with van der Waals surface area (Å²) in [5, 5.41) is 13.6. The first-order valence-corrected chi connectivity index (χ1v) is 6.03. The maximum Gasteiger partial charge on any atom is 0.325 e. The van der Waals surface area contributed by atoms with Gasteiger partial charge >= 0.3 is 6.03 Å². The predicted molar refractivity (Wildman–Crippen MR) is 76.1 cm³/mol. The van der Waals surface area contributed by atoms with Crippen LogP contribution in [0.5, 0.6) is 0 Å². The maximum absolute atomic E-state index is 11.8. The van der Waals surface area contributed by atoms with Crippen LogP contribution in [0.2, 0.25) is 5.02 Å². The monoisotopic (exact) mass is 304 g/mol. The zero-order chi connectivity index (χ0) is 15.4. The molecule has 0 saturated heterocycles. The lowest BCUT2D eigenvalue weighted by Gasteiger charge is -2.08. The van der Waals surface area contributed by atoms with E-state index in [1.807, 2.05) is 0 Å². The second-order valence-electron chi connectivity index (χ2n) is 3.97. The van der Waals surface area contributed by atoms with E-state index in [9.17, 15) is 9.59 Å². The summed E-state index contributed by atoms with van der Waals surface area (Å²) in [6.07, 6.45) is 3.88. The third kappa shape index (κ3) is 3.55. The number of pyridine rings is 1. The van der Waals surface area contributed by atoms with Gasteiger partial charge in [-0.15, -0.1) is 0 Å². The molecular weight excluding hydrogens is 296 g/mol. The Hall–Kier alpha value is -2.92. The normalized spacial score (nSPS) is 9.76. The topological polar surface area (TPSA) is 113 Å². The standard InChI is InChI=1S/C12H9ClN6O2/c1-19-6-7(13)2-9(11(19)20)17-12(21)18-10-5-15-8(3-14)4-16-10/h2,4-6H,1H3,(H2,16,17,18,21). The highest BCUT2D eigenvalue weighted by Crippen LogP contribution is 2.11. The lowest BCUT2D eigenvalue weighted by atomic mass is 10.4. The molecule has 0 aromatic carbocycles. The fourth-order valence-corrected chi connectivity index (χ4v) is 1.74. The first kappa shape index (κ1) is 14.5. The van der Waals surface area contributed by atoms with Gasteiger partial charge in [-0.1, -0.05) is 11.6 Å². The van der Waals surface area contributed by atoms with Crippen molar-refractivity contribution in [2.24, 2.45) is 7.05 Å². The molecule has 2 amide bonds. The summed E-state index contributed by atoms with van der Waals surface area (Å²) in [5.74, 6) is 0.144. The van der Waals surface area contributed by atoms with E-state index in [4.69, 9.17) is 16.9 Å². The lowest BCUT2D eigenvalue weighted by molar-refractivity contribution is 0.262. The Morgan fingerprint density at radius 1 is 1.38 bits per heavy atom. The number of amides is 2. The predicted octanol–water partition coefficient (Wildman–Crippen LogP) is 1.34. The van der Waals surface area contributed by atoms with Crippen LogP contribution in [0.15, 0.2) is 29.5 Å². The van der Waals surface area contributed by atoms with Crippen molar-refractivity contribution in [2.45, 2.75) is 0 Å². The third-order valence-corrected chi connectivity index (χ3v) is 2.61. The Labute approximate surface area is 124 Å². The maximum atomic E-state index is 11.8. The summed E-state index contributed by atoms with van der Waals surface area (Å²) in [6.45, 7) is 0. The molecule has 0 saturated carbocycles. The molecule has 8 nitrogen and oxygen atoms in total. The number of nitriles is 1. The molecule has 0 atom stereocenters. The first-order valence-electron chi connectivity index (χ1n) is 5.66. The van der Waals surface area contributed by atoms with Gasteiger partial charge in [0.2, 0.25) is 0 Å². The summed E-state index contributed by atoms with van der Waals surface area (Å²) in [6, 6.07) is 2.47. The number of carbonyl (C=O) groups excluding carboxylic acids is 1. The number of nitrogens with one attached hydrogen (secondary N) is 2. The van der Waals surface area contributed by atoms with Gasteiger partial charge in [0.25, 0.3) is 5.56 Å². The van der Waals surface area contributed by atoms with Gasteiger partial charge in [0, 0.05) is 13.2 Å². The van der Waals surface area contributed by atoms with Crippen LogP contribution in [0.25, 0.3) is 0 Å². The number of aryl methyl sites for hydroxylation is 1. The molecule has 2 aromatic rings. The molecule has 2 aromatic heterocycles. The molecule has 0 spiro atoms. The van der Waals surface area contributed by atoms with Crippen LogP contribution in [0, 0.1) is 11.3 Å². The summed E-state index contributed by atoms with van der Waals surface area (Å²) in [5.41, 5.74) is -0.241. The fourth-order valence-electron chi connectivity index (χ4n) is 1.48. The Morgan fingerprint density at radius 2 is 2.14 bits per heavy atom. The Bertz CT molecular complexity index is 778. The number of nitrogens with zero attached hydrogens (tertiary/aromatic N) is 4. The van der Waals surface area contributed by atoms with Gasteiger partial charge in [0.15, 0.2) is 11.5 Å². The van der Waals surface area contributed by atoms with Crippen molar-refractivity contribution in [1.82, 2.24) is 14.5 Å². The molecule has 2 rings (SSSR count). The van der Waals surface area contributed by atoms with E-state index < -0.39 is 11.6 Å². The second kappa shape index (κ2) is 6.02. The van der Waals surface area contributed by atoms with Gasteiger partial charge in [0.05, 0.1) is 17.4 Å². The molecule has 2 N–H and O–H groups in total. The van der Waals surface area contributed by atoms with Crippen molar-refractivity contribution >= 4 is 29.1 Å². The summed E-state index contributed by atoms with van der Waals surface area (Å²) in [7, 11) is 1.52. The van der Waals surface area contributed by atoms with Gasteiger partial charge in [0.1, 0.15) is 11.8 Å². The number of carbonyl (C=O) groups is 1. The number of aromatic nitrogens is 3. The number of anilines is 2. The number of halogens is 1. The largest absolute Gasteiger partial charge is 0.325 e. The zero-order valence-corrected chi connectivity index (χ0v) is 11.5. The minimum Gasteiger partial charge on any atom is -0.315 e. The molecule has 0 bridgehead atoms. The summed E-state index contributed by atoms with van der Waals surface area (Å²) < 4.78 is 1.25. The van der Waals surface area contributed by atoms with Crippen molar-refractivity contribution in [3.63, 3.8) is 0 Å². The summed E-state index contributed by atoms with van der Waals surface area (Å²) in [4.78, 5) is 31.1. The van der Waals surface area contributed by atoms with Crippen LogP contribution < -0.4 is 16.2 Å². The Kier molecular flexibility index (Phi) is 4.15. The van der Waals surface area contributed by atoms with Crippen LogP contribution in [0.1, 0.15) is 5.69 Å². The SMILES string of the molecule is Cn1cc(Cl)cc(NC(=O)Nc2cnc(C#N)cn2)c1=O. The zero-order valence-electron chi connectivity index (χ0n) is 10.8. The highest BCUT2D eigenvalue weighted by Gasteiger charge is 2.09. The van der Waals surface area contributed by atoms with Crippen molar-refractivity contribution in [1.29, 1.82) is 5.26 Å². The number of rotatable bonds is 2. The molecule has 106 valence electrons. The van der Waals surface area contributed by atoms with E-state index in [0.717, 1.165) is 0 Å². The fraction of sp³-hybridized carbons (Fsp3) is 0.0833. The van der Waals surface area contributed by atoms with E-state index in [2.05, 4.69) is 20.6 Å². The number of urea groups is 1. The van der Waals surface area contributed by atoms with Gasteiger partial charge in [-0.25, -0.2) is 14.8 Å². The van der Waals surface area contributed by atoms with Gasteiger partial charge in [-0.2, -0.15) is 5.26 Å². The van der Waals surface area contributed by atoms with Crippen LogP contribution in [0.4, 0.5) is 16.3 Å². The quantitative estimate of drug-likeness (QED) is 0.869. The van der Waals surface area contributed by atoms with Crippen LogP contribution in [-0.4, -0.2) is 20.6 Å². The number of hydrogen-bond acceptors (Lipinski definition) is 5. The molecule has 0 unspecified atom stereocenters. The molecule has 9 heteroatoms. The average Bonchev–Trinajstić information content (AvgIpc) is 2.45. The molecule has 0 radical (unpaired) electrons. The average molecular weight is 305 g/mol. The molecule has 0 aliphatic heterocycles. The van der Waals surface area contributed by atoms with Gasteiger partial charge in [-0.3, -0.25) is 10.1 Å². The Morgan fingerprint density at radius 3 is 2.76 bits per heavy atom. The third-order valence-electron chi connectivity index (χ3n) is 2.41. The van der Waals surface area contributed by atoms with Crippen LogP contribution >= 0.6 is 11.6 Å². The highest BCUT2D eigenvalue weighted by atomic mass is 35.5. The molecular formula is C12H9ClN6O2. The molecule has 2 heterocycles. The highest BCUT2D eigenvalue weighted by molar-refractivity contribution is 6.30. The first-order chi connectivity index (χ1) is 9.99. The van der Waals surface area contributed by atoms with Crippen molar-refractivity contribution in [2.75, 3.05) is 10.6 Å². The van der Waals surface area contributed by atoms with Crippen LogP contribution in [0.3, 0.4) is 0 Å². The second-order valence-corrected chi connectivity index (χ2v) is 4.40. The minimum atomic E-state index is -0.673. The molecule has 0 aliphatic carbocycles.